The minimum absolute atomic E-state index is 0.0266. The average Bonchev–Trinajstić information content (AvgIpc) is 1.84. The molecule has 62 valence electrons. The van der Waals surface area contributed by atoms with Crippen LogP contribution in [0.5, 0.6) is 0 Å². The molecular weight excluding hydrogens is 154 g/mol. The summed E-state index contributed by atoms with van der Waals surface area (Å²) in [5.41, 5.74) is 3.82. The van der Waals surface area contributed by atoms with Crippen molar-refractivity contribution in [1.29, 1.82) is 0 Å². The number of hydrogen-bond acceptors (Lipinski definition) is 4. The highest BCUT2D eigenvalue weighted by atomic mass is 32.2. The lowest BCUT2D eigenvalue weighted by atomic mass is 10.5. The second kappa shape index (κ2) is 3.90. The van der Waals surface area contributed by atoms with E-state index in [2.05, 4.69) is 0 Å². The lowest BCUT2D eigenvalue weighted by molar-refractivity contribution is 0.268. The van der Waals surface area contributed by atoms with E-state index in [9.17, 15) is 8.42 Å². The van der Waals surface area contributed by atoms with Gasteiger partial charge in [-0.2, -0.15) is 0 Å². The molecule has 0 amide bonds. The monoisotopic (exact) mass is 167 g/mol. The Morgan fingerprint density at radius 2 is 2.10 bits per heavy atom. The summed E-state index contributed by atoms with van der Waals surface area (Å²) in [7, 11) is -3.28. The maximum absolute atomic E-state index is 10.8. The van der Waals surface area contributed by atoms with Crippen molar-refractivity contribution in [1.82, 2.24) is 0 Å². The van der Waals surface area contributed by atoms with E-state index in [1.54, 1.807) is 0 Å². The molecule has 1 unspecified atom stereocenters. The summed E-state index contributed by atoms with van der Waals surface area (Å²) in [6, 6.07) is 0. The van der Waals surface area contributed by atoms with Gasteiger partial charge in [-0.1, -0.05) is 0 Å². The van der Waals surface area contributed by atoms with Crippen molar-refractivity contribution in [3.8, 4) is 0 Å². The molecule has 0 rings (SSSR count). The zero-order valence-corrected chi connectivity index (χ0v) is 6.76. The highest BCUT2D eigenvalue weighted by Gasteiger charge is 2.15. The Morgan fingerprint density at radius 1 is 1.60 bits per heavy atom. The highest BCUT2D eigenvalue weighted by Crippen LogP contribution is 1.98. The molecule has 0 aliphatic carbocycles. The Bertz CT molecular complexity index is 173. The molecule has 0 aliphatic rings. The smallest absolute Gasteiger partial charge is 0.176 e. The molecular formula is C5H13NO3S. The van der Waals surface area contributed by atoms with E-state index in [1.165, 1.54) is 6.92 Å². The van der Waals surface area contributed by atoms with E-state index < -0.39 is 15.3 Å². The van der Waals surface area contributed by atoms with Gasteiger partial charge in [0.2, 0.25) is 0 Å². The fourth-order valence-corrected chi connectivity index (χ4v) is 1.37. The molecule has 0 saturated heterocycles. The zero-order valence-electron chi connectivity index (χ0n) is 5.95. The molecule has 5 heteroatoms. The van der Waals surface area contributed by atoms with E-state index in [-0.39, 0.29) is 5.75 Å². The SMILES string of the molecule is CC(O)S(=O)(=O)CCCN. The van der Waals surface area contributed by atoms with E-state index in [0.29, 0.717) is 13.0 Å². The summed E-state index contributed by atoms with van der Waals surface area (Å²) in [4.78, 5) is 0. The quantitative estimate of drug-likeness (QED) is 0.568. The molecule has 10 heavy (non-hydrogen) atoms. The second-order valence-corrected chi connectivity index (χ2v) is 4.52. The van der Waals surface area contributed by atoms with Gasteiger partial charge in [-0.05, 0) is 19.9 Å². The van der Waals surface area contributed by atoms with Crippen molar-refractivity contribution in [3.63, 3.8) is 0 Å². The Morgan fingerprint density at radius 3 is 2.40 bits per heavy atom. The van der Waals surface area contributed by atoms with Gasteiger partial charge >= 0.3 is 0 Å². The van der Waals surface area contributed by atoms with Gasteiger partial charge in [-0.25, -0.2) is 8.42 Å². The summed E-state index contributed by atoms with van der Waals surface area (Å²) in [6.45, 7) is 1.58. The standard InChI is InChI=1S/C5H13NO3S/c1-5(7)10(8,9)4-2-3-6/h5,7H,2-4,6H2,1H3. The van der Waals surface area contributed by atoms with Crippen LogP contribution in [-0.2, 0) is 9.84 Å². The lowest BCUT2D eigenvalue weighted by Crippen LogP contribution is -2.21. The molecule has 0 saturated carbocycles. The number of aliphatic hydroxyl groups is 1. The molecule has 0 fully saturated rings. The van der Waals surface area contributed by atoms with Gasteiger partial charge in [0.1, 0.15) is 0 Å². The molecule has 0 heterocycles. The van der Waals surface area contributed by atoms with Crippen molar-refractivity contribution >= 4 is 9.84 Å². The second-order valence-electron chi connectivity index (χ2n) is 2.11. The third kappa shape index (κ3) is 3.14. The first kappa shape index (κ1) is 9.87. The van der Waals surface area contributed by atoms with Gasteiger partial charge in [-0.15, -0.1) is 0 Å². The van der Waals surface area contributed by atoms with Gasteiger partial charge < -0.3 is 10.8 Å². The molecule has 0 bridgehead atoms. The van der Waals surface area contributed by atoms with Crippen LogP contribution in [-0.4, -0.2) is 31.3 Å². The molecule has 0 aromatic rings. The number of nitrogens with two attached hydrogens (primary N) is 1. The maximum atomic E-state index is 10.8. The predicted octanol–water partition coefficient (Wildman–Crippen LogP) is -0.912. The number of sulfone groups is 1. The van der Waals surface area contributed by atoms with Gasteiger partial charge in [-0.3, -0.25) is 0 Å². The van der Waals surface area contributed by atoms with E-state index in [4.69, 9.17) is 10.8 Å². The van der Waals surface area contributed by atoms with E-state index >= 15 is 0 Å². The van der Waals surface area contributed by atoms with Crippen LogP contribution >= 0.6 is 0 Å². The molecule has 3 N–H and O–H groups in total. The van der Waals surface area contributed by atoms with Gasteiger partial charge in [0, 0.05) is 0 Å². The Balaban J connectivity index is 3.90. The Labute approximate surface area is 61.0 Å². The number of rotatable bonds is 4. The normalized spacial score (nSPS) is 15.1. The first-order valence-corrected chi connectivity index (χ1v) is 4.82. The van der Waals surface area contributed by atoms with E-state index in [1.807, 2.05) is 0 Å². The summed E-state index contributed by atoms with van der Waals surface area (Å²) >= 11 is 0. The molecule has 0 aliphatic heterocycles. The molecule has 4 nitrogen and oxygen atoms in total. The minimum Gasteiger partial charge on any atom is -0.377 e. The zero-order chi connectivity index (χ0) is 8.20. The van der Waals surface area contributed by atoms with Crippen LogP contribution in [0, 0.1) is 0 Å². The summed E-state index contributed by atoms with van der Waals surface area (Å²) in [5, 5.41) is 8.68. The molecule has 0 spiro atoms. The molecule has 0 radical (unpaired) electrons. The third-order valence-electron chi connectivity index (χ3n) is 1.15. The molecule has 0 aromatic heterocycles. The highest BCUT2D eigenvalue weighted by molar-refractivity contribution is 7.91. The van der Waals surface area contributed by atoms with Crippen LogP contribution in [0.15, 0.2) is 0 Å². The molecule has 1 atom stereocenters. The lowest BCUT2D eigenvalue weighted by Gasteiger charge is -2.04. The van der Waals surface area contributed by atoms with E-state index in [0.717, 1.165) is 0 Å². The predicted molar refractivity (Wildman–Crippen MR) is 39.1 cm³/mol. The fraction of sp³-hybridized carbons (Fsp3) is 1.00. The fourth-order valence-electron chi connectivity index (χ4n) is 0.455. The number of aliphatic hydroxyl groups excluding tert-OH is 1. The Hall–Kier alpha value is -0.130. The topological polar surface area (TPSA) is 80.4 Å². The van der Waals surface area contributed by atoms with Gasteiger partial charge in [0.05, 0.1) is 5.75 Å². The minimum atomic E-state index is -3.28. The number of hydrogen-bond donors (Lipinski definition) is 2. The van der Waals surface area contributed by atoms with Crippen LogP contribution in [0.25, 0.3) is 0 Å². The van der Waals surface area contributed by atoms with Crippen molar-refractivity contribution in [2.45, 2.75) is 18.8 Å². The third-order valence-corrected chi connectivity index (χ3v) is 3.05. The largest absolute Gasteiger partial charge is 0.377 e. The summed E-state index contributed by atoms with van der Waals surface area (Å²) in [5.74, 6) is -0.0266. The first-order valence-electron chi connectivity index (χ1n) is 3.10. The van der Waals surface area contributed by atoms with Crippen LogP contribution in [0.2, 0.25) is 0 Å². The van der Waals surface area contributed by atoms with Crippen LogP contribution in [0.4, 0.5) is 0 Å². The average molecular weight is 167 g/mol. The van der Waals surface area contributed by atoms with Crippen LogP contribution in [0.3, 0.4) is 0 Å². The summed E-state index contributed by atoms with van der Waals surface area (Å²) < 4.78 is 21.6. The first-order chi connectivity index (χ1) is 4.50. The van der Waals surface area contributed by atoms with Crippen LogP contribution < -0.4 is 5.73 Å². The van der Waals surface area contributed by atoms with Crippen molar-refractivity contribution in [2.75, 3.05) is 12.3 Å². The van der Waals surface area contributed by atoms with Crippen molar-refractivity contribution < 1.29 is 13.5 Å². The summed E-state index contributed by atoms with van der Waals surface area (Å²) in [6.07, 6.45) is 0.410. The van der Waals surface area contributed by atoms with Crippen molar-refractivity contribution in [2.24, 2.45) is 5.73 Å². The van der Waals surface area contributed by atoms with Gasteiger partial charge in [0.15, 0.2) is 15.3 Å². The van der Waals surface area contributed by atoms with Gasteiger partial charge in [0.25, 0.3) is 0 Å². The maximum Gasteiger partial charge on any atom is 0.176 e. The Kier molecular flexibility index (Phi) is 3.85. The van der Waals surface area contributed by atoms with Crippen LogP contribution in [0.1, 0.15) is 13.3 Å². The van der Waals surface area contributed by atoms with Crippen molar-refractivity contribution in [3.05, 3.63) is 0 Å². The molecule has 0 aromatic carbocycles.